The van der Waals surface area contributed by atoms with Crippen molar-refractivity contribution in [1.29, 1.82) is 0 Å². The van der Waals surface area contributed by atoms with Crippen LogP contribution < -0.4 is 4.90 Å². The van der Waals surface area contributed by atoms with E-state index >= 15 is 0 Å². The molecule has 2 saturated carbocycles. The number of nitrogens with zero attached hydrogens (tertiary/aromatic N) is 5. The van der Waals surface area contributed by atoms with Crippen LogP contribution in [-0.2, 0) is 14.9 Å². The molecule has 4 aliphatic carbocycles. The summed E-state index contributed by atoms with van der Waals surface area (Å²) < 4.78 is 16.9. The highest BCUT2D eigenvalue weighted by molar-refractivity contribution is 5.96. The van der Waals surface area contributed by atoms with Crippen LogP contribution in [0.25, 0.3) is 17.0 Å². The number of fused-ring (bicyclic) bond motifs is 2. The summed E-state index contributed by atoms with van der Waals surface area (Å²) >= 11 is 0. The van der Waals surface area contributed by atoms with Crippen LogP contribution in [0, 0.1) is 11.3 Å². The zero-order chi connectivity index (χ0) is 27.5. The zero-order valence-electron chi connectivity index (χ0n) is 23.6. The van der Waals surface area contributed by atoms with Crippen molar-refractivity contribution in [2.24, 2.45) is 11.3 Å². The van der Waals surface area contributed by atoms with Gasteiger partial charge in [-0.2, -0.15) is 9.97 Å². The summed E-state index contributed by atoms with van der Waals surface area (Å²) in [5.41, 5.74) is 4.25. The zero-order valence-corrected chi connectivity index (χ0v) is 23.6. The molecule has 0 N–H and O–H groups in total. The molecule has 9 heteroatoms. The minimum Gasteiger partial charge on any atom is -0.381 e. The Bertz CT molecular complexity index is 1450. The van der Waals surface area contributed by atoms with Gasteiger partial charge in [-0.05, 0) is 75.0 Å². The van der Waals surface area contributed by atoms with Gasteiger partial charge in [0.15, 0.2) is 11.6 Å². The average molecular weight is 544 g/mol. The lowest BCUT2D eigenvalue weighted by Crippen LogP contribution is -2.50. The molecule has 1 aromatic carbocycles. The molecule has 0 radical (unpaired) electrons. The number of carbonyl (C=O) groups excluding carboxylic acids is 1. The van der Waals surface area contributed by atoms with Gasteiger partial charge in [0.25, 0.3) is 11.8 Å². The topological polar surface area (TPSA) is 107 Å². The molecule has 3 aromatic rings. The van der Waals surface area contributed by atoms with Crippen molar-refractivity contribution in [2.45, 2.75) is 83.5 Å². The van der Waals surface area contributed by atoms with Crippen LogP contribution in [0.15, 0.2) is 38.9 Å². The molecule has 1 aliphatic heterocycles. The van der Waals surface area contributed by atoms with E-state index in [4.69, 9.17) is 18.8 Å². The van der Waals surface area contributed by atoms with E-state index in [-0.39, 0.29) is 22.7 Å². The first kappa shape index (κ1) is 25.6. The van der Waals surface area contributed by atoms with Gasteiger partial charge in [0, 0.05) is 53.8 Å². The third-order valence-electron chi connectivity index (χ3n) is 8.98. The molecule has 0 spiro atoms. The first-order valence-corrected chi connectivity index (χ1v) is 14.7. The molecule has 3 heterocycles. The number of ether oxygens (including phenoxy) is 1. The molecular weight excluding hydrogens is 506 g/mol. The normalized spacial score (nSPS) is 20.9. The maximum Gasteiger partial charge on any atom is 0.258 e. The summed E-state index contributed by atoms with van der Waals surface area (Å²) in [5.74, 6) is 3.31. The third kappa shape index (κ3) is 4.78. The highest BCUT2D eigenvalue weighted by atomic mass is 16.5. The maximum atomic E-state index is 14.0. The quantitative estimate of drug-likeness (QED) is 0.353. The molecular formula is C31H37N5O4. The number of anilines is 1. The van der Waals surface area contributed by atoms with Gasteiger partial charge in [0.1, 0.15) is 0 Å². The van der Waals surface area contributed by atoms with E-state index in [9.17, 15) is 4.79 Å². The molecule has 2 aromatic heterocycles. The smallest absolute Gasteiger partial charge is 0.258 e. The fraction of sp³-hybridized carbons (Fsp3) is 0.581. The number of amides is 1. The van der Waals surface area contributed by atoms with Crippen LogP contribution >= 0.6 is 0 Å². The van der Waals surface area contributed by atoms with Gasteiger partial charge >= 0.3 is 0 Å². The number of rotatable bonds is 7. The molecule has 1 amide bonds. The van der Waals surface area contributed by atoms with Crippen LogP contribution in [0.5, 0.6) is 0 Å². The Hall–Kier alpha value is -3.33. The predicted octanol–water partition coefficient (Wildman–Crippen LogP) is 6.08. The molecule has 9 nitrogen and oxygen atoms in total. The highest BCUT2D eigenvalue weighted by Crippen LogP contribution is 2.57. The van der Waals surface area contributed by atoms with Gasteiger partial charge in [-0.15, -0.1) is 0 Å². The van der Waals surface area contributed by atoms with Crippen LogP contribution in [0.3, 0.4) is 0 Å². The van der Waals surface area contributed by atoms with Gasteiger partial charge in [-0.1, -0.05) is 42.7 Å². The lowest BCUT2D eigenvalue weighted by atomic mass is 9.57. The van der Waals surface area contributed by atoms with Crippen LogP contribution in [0.4, 0.5) is 5.69 Å². The summed E-state index contributed by atoms with van der Waals surface area (Å²) in [6, 6.07) is 8.04. The van der Waals surface area contributed by atoms with Crippen molar-refractivity contribution < 1.29 is 18.6 Å². The van der Waals surface area contributed by atoms with Crippen molar-refractivity contribution in [1.82, 2.24) is 20.3 Å². The molecule has 8 rings (SSSR count). The maximum absolute atomic E-state index is 14.0. The summed E-state index contributed by atoms with van der Waals surface area (Å²) in [6.07, 6.45) is 7.57. The third-order valence-corrected chi connectivity index (χ3v) is 8.98. The Kier molecular flexibility index (Phi) is 6.18. The van der Waals surface area contributed by atoms with E-state index in [0.717, 1.165) is 74.3 Å². The van der Waals surface area contributed by atoms with E-state index in [2.05, 4.69) is 36.1 Å². The van der Waals surface area contributed by atoms with Gasteiger partial charge in [-0.3, -0.25) is 4.79 Å². The van der Waals surface area contributed by atoms with Crippen molar-refractivity contribution in [2.75, 3.05) is 24.7 Å². The second-order valence-corrected chi connectivity index (χ2v) is 13.2. The van der Waals surface area contributed by atoms with Crippen molar-refractivity contribution in [3.05, 3.63) is 47.4 Å². The second-order valence-electron chi connectivity index (χ2n) is 13.2. The van der Waals surface area contributed by atoms with Gasteiger partial charge in [-0.25, -0.2) is 0 Å². The molecule has 2 bridgehead atoms. The monoisotopic (exact) mass is 543 g/mol. The molecule has 210 valence electrons. The molecule has 0 unspecified atom stereocenters. The second kappa shape index (κ2) is 9.65. The molecule has 3 fully saturated rings. The SMILES string of the molecule is CC(C)(C)c1noc(C2=C3CC(CN(C(=O)C4CCOCC4)c4cccc(-c5nc(C6CC6)no5)c4)(CC2)C3)n1. The van der Waals surface area contributed by atoms with Gasteiger partial charge < -0.3 is 18.7 Å². The van der Waals surface area contributed by atoms with E-state index in [0.29, 0.717) is 37.5 Å². The van der Waals surface area contributed by atoms with E-state index in [1.807, 2.05) is 29.2 Å². The number of allylic oxidation sites excluding steroid dienone is 2. The minimum absolute atomic E-state index is 0.0258. The Labute approximate surface area is 234 Å². The first-order chi connectivity index (χ1) is 19.3. The standard InChI is InChI=1S/C31H37N5O4/c1-30(2,3)29-33-27(40-35-29)24-9-12-31(16-22(24)17-31)18-36(28(37)20-10-13-38-14-11-20)23-6-4-5-21(15-23)26-32-25(34-39-26)19-7-8-19/h4-6,15,19-20H,7-14,16-18H2,1-3H3. The first-order valence-electron chi connectivity index (χ1n) is 14.7. The molecule has 0 atom stereocenters. The fourth-order valence-electron chi connectivity index (χ4n) is 6.37. The summed E-state index contributed by atoms with van der Waals surface area (Å²) in [7, 11) is 0. The Morgan fingerprint density at radius 1 is 1.02 bits per heavy atom. The number of benzene rings is 1. The lowest BCUT2D eigenvalue weighted by molar-refractivity contribution is -0.125. The van der Waals surface area contributed by atoms with Crippen LogP contribution in [-0.4, -0.2) is 45.9 Å². The molecule has 40 heavy (non-hydrogen) atoms. The molecule has 5 aliphatic rings. The Balaban J connectivity index is 1.15. The number of hydrogen-bond acceptors (Lipinski definition) is 8. The predicted molar refractivity (Wildman–Crippen MR) is 148 cm³/mol. The largest absolute Gasteiger partial charge is 0.381 e. The Morgan fingerprint density at radius 2 is 1.80 bits per heavy atom. The highest BCUT2D eigenvalue weighted by Gasteiger charge is 2.48. The van der Waals surface area contributed by atoms with E-state index in [1.165, 1.54) is 11.1 Å². The number of hydrogen-bond donors (Lipinski definition) is 0. The minimum atomic E-state index is -0.148. The van der Waals surface area contributed by atoms with E-state index in [1.54, 1.807) is 0 Å². The fourth-order valence-corrected chi connectivity index (χ4v) is 6.37. The Morgan fingerprint density at radius 3 is 2.48 bits per heavy atom. The lowest BCUT2D eigenvalue weighted by Gasteiger charge is -2.51. The van der Waals surface area contributed by atoms with Crippen molar-refractivity contribution in [3.8, 4) is 11.5 Å². The molecule has 1 saturated heterocycles. The number of carbonyl (C=O) groups is 1. The average Bonchev–Trinajstić information content (AvgIpc) is 3.44. The van der Waals surface area contributed by atoms with Crippen LogP contribution in [0.1, 0.15) is 95.6 Å². The van der Waals surface area contributed by atoms with Gasteiger partial charge in [0.2, 0.25) is 5.91 Å². The van der Waals surface area contributed by atoms with E-state index < -0.39 is 0 Å². The summed E-state index contributed by atoms with van der Waals surface area (Å²) in [6.45, 7) is 8.25. The number of aromatic nitrogens is 4. The summed E-state index contributed by atoms with van der Waals surface area (Å²) in [4.78, 5) is 25.4. The summed E-state index contributed by atoms with van der Waals surface area (Å²) in [5, 5.41) is 8.43. The van der Waals surface area contributed by atoms with Gasteiger partial charge in [0.05, 0.1) is 0 Å². The van der Waals surface area contributed by atoms with Crippen LogP contribution in [0.2, 0.25) is 0 Å². The van der Waals surface area contributed by atoms with Crippen molar-refractivity contribution in [3.63, 3.8) is 0 Å². The van der Waals surface area contributed by atoms with Crippen molar-refractivity contribution >= 4 is 17.2 Å².